The molecule has 1 rings (SSSR count). The Labute approximate surface area is 113 Å². The van der Waals surface area contributed by atoms with E-state index < -0.39 is 5.92 Å². The molecule has 1 aliphatic rings. The van der Waals surface area contributed by atoms with Gasteiger partial charge in [0.1, 0.15) is 5.92 Å². The summed E-state index contributed by atoms with van der Waals surface area (Å²) in [4.78, 5) is 12.0. The van der Waals surface area contributed by atoms with Crippen LogP contribution in [0.15, 0.2) is 5.16 Å². The topological polar surface area (TPSA) is 87.7 Å². The summed E-state index contributed by atoms with van der Waals surface area (Å²) in [6, 6.07) is 0. The maximum atomic E-state index is 12.0. The van der Waals surface area contributed by atoms with Crippen molar-refractivity contribution in [2.24, 2.45) is 22.7 Å². The van der Waals surface area contributed by atoms with Crippen LogP contribution in [0.1, 0.15) is 33.1 Å². The molecule has 1 saturated heterocycles. The zero-order valence-electron chi connectivity index (χ0n) is 11.1. The van der Waals surface area contributed by atoms with E-state index in [1.165, 1.54) is 18.6 Å². The number of nitrogens with two attached hydrogens (primary N) is 1. The largest absolute Gasteiger partial charge is 0.409 e. The molecule has 0 bridgehead atoms. The molecule has 1 aliphatic heterocycles. The zero-order valence-corrected chi connectivity index (χ0v) is 11.9. The van der Waals surface area contributed by atoms with Crippen molar-refractivity contribution in [1.29, 1.82) is 0 Å². The van der Waals surface area contributed by atoms with Crippen molar-refractivity contribution in [2.45, 2.75) is 38.4 Å². The molecule has 0 saturated carbocycles. The third-order valence-electron chi connectivity index (χ3n) is 3.16. The van der Waals surface area contributed by atoms with Crippen LogP contribution in [0.25, 0.3) is 0 Å². The molecule has 5 nitrogen and oxygen atoms in total. The van der Waals surface area contributed by atoms with E-state index in [0.717, 1.165) is 6.42 Å². The Morgan fingerprint density at radius 1 is 1.56 bits per heavy atom. The third-order valence-corrected chi connectivity index (χ3v) is 4.56. The number of oxime groups is 1. The van der Waals surface area contributed by atoms with Crippen LogP contribution >= 0.6 is 11.8 Å². The number of hydrogen-bond donors (Lipinski definition) is 3. The number of nitrogens with zero attached hydrogens (tertiary/aromatic N) is 1. The average molecular weight is 273 g/mol. The van der Waals surface area contributed by atoms with E-state index in [2.05, 4.69) is 10.5 Å². The lowest BCUT2D eigenvalue weighted by molar-refractivity contribution is -0.124. The Morgan fingerprint density at radius 3 is 2.78 bits per heavy atom. The fourth-order valence-electron chi connectivity index (χ4n) is 2.13. The van der Waals surface area contributed by atoms with Crippen molar-refractivity contribution in [1.82, 2.24) is 5.32 Å². The van der Waals surface area contributed by atoms with Gasteiger partial charge in [-0.05, 0) is 24.5 Å². The molecule has 1 fully saturated rings. The van der Waals surface area contributed by atoms with Crippen LogP contribution in [-0.4, -0.2) is 34.5 Å². The van der Waals surface area contributed by atoms with Crippen LogP contribution in [0, 0.1) is 11.8 Å². The highest BCUT2D eigenvalue weighted by atomic mass is 32.2. The molecule has 2 atom stereocenters. The van der Waals surface area contributed by atoms with Crippen LogP contribution in [0.2, 0.25) is 0 Å². The van der Waals surface area contributed by atoms with E-state index in [1.807, 2.05) is 25.6 Å². The molecule has 104 valence electrons. The fraction of sp³-hybridized carbons (Fsp3) is 0.833. The summed E-state index contributed by atoms with van der Waals surface area (Å²) in [5.41, 5.74) is 5.56. The van der Waals surface area contributed by atoms with Crippen molar-refractivity contribution in [3.8, 4) is 0 Å². The van der Waals surface area contributed by atoms with Gasteiger partial charge in [-0.15, -0.1) is 0 Å². The first-order chi connectivity index (χ1) is 8.56. The minimum absolute atomic E-state index is 0.0138. The molecule has 0 spiro atoms. The molecular formula is C12H23N3O2S. The number of rotatable bonds is 5. The van der Waals surface area contributed by atoms with Crippen LogP contribution in [0.5, 0.6) is 0 Å². The highest BCUT2D eigenvalue weighted by Gasteiger charge is 2.27. The summed E-state index contributed by atoms with van der Waals surface area (Å²) in [6.45, 7) is 4.45. The molecular weight excluding hydrogens is 250 g/mol. The first-order valence-corrected chi connectivity index (χ1v) is 7.47. The summed E-state index contributed by atoms with van der Waals surface area (Å²) in [7, 11) is 0. The summed E-state index contributed by atoms with van der Waals surface area (Å²) in [5.74, 6) is 0.475. The van der Waals surface area contributed by atoms with Gasteiger partial charge in [0.05, 0.1) is 0 Å². The first kappa shape index (κ1) is 15.1. The lowest BCUT2D eigenvalue weighted by atomic mass is 9.94. The normalized spacial score (nSPS) is 22.8. The molecule has 0 aromatic heterocycles. The van der Waals surface area contributed by atoms with Crippen molar-refractivity contribution in [3.63, 3.8) is 0 Å². The number of carbonyl (C=O) groups excluding carboxylic acids is 1. The molecule has 4 N–H and O–H groups in total. The molecule has 6 heteroatoms. The minimum Gasteiger partial charge on any atom is -0.409 e. The Balaban J connectivity index is 2.46. The predicted octanol–water partition coefficient (Wildman–Crippen LogP) is 1.41. The molecule has 0 aromatic rings. The van der Waals surface area contributed by atoms with Crippen molar-refractivity contribution in [2.75, 3.05) is 12.3 Å². The van der Waals surface area contributed by atoms with Gasteiger partial charge < -0.3 is 16.3 Å². The highest BCUT2D eigenvalue weighted by molar-refractivity contribution is 7.99. The number of nitrogens with one attached hydrogen (secondary N) is 1. The maximum Gasteiger partial charge on any atom is 0.231 e. The van der Waals surface area contributed by atoms with Crippen LogP contribution in [0.3, 0.4) is 0 Å². The number of hydrogen-bond acceptors (Lipinski definition) is 4. The van der Waals surface area contributed by atoms with Crippen LogP contribution in [0.4, 0.5) is 0 Å². The van der Waals surface area contributed by atoms with Gasteiger partial charge in [-0.2, -0.15) is 11.8 Å². The molecule has 0 radical (unpaired) electrons. The van der Waals surface area contributed by atoms with Crippen LogP contribution in [-0.2, 0) is 4.79 Å². The van der Waals surface area contributed by atoms with E-state index in [1.54, 1.807) is 0 Å². The molecule has 1 heterocycles. The Kier molecular flexibility index (Phi) is 6.32. The fourth-order valence-corrected chi connectivity index (χ4v) is 3.37. The summed E-state index contributed by atoms with van der Waals surface area (Å²) in [5, 5.41) is 15.1. The Morgan fingerprint density at radius 2 is 2.28 bits per heavy atom. The van der Waals surface area contributed by atoms with Crippen molar-refractivity contribution >= 4 is 23.5 Å². The molecule has 0 aromatic carbocycles. The number of amidine groups is 1. The SMILES string of the molecule is CC(C)C(C(=O)NCC1CCCCS1)C(N)=NO. The van der Waals surface area contributed by atoms with Gasteiger partial charge in [-0.1, -0.05) is 25.4 Å². The van der Waals surface area contributed by atoms with Gasteiger partial charge in [0.15, 0.2) is 5.84 Å². The van der Waals surface area contributed by atoms with Gasteiger partial charge in [-0.3, -0.25) is 4.79 Å². The summed E-state index contributed by atoms with van der Waals surface area (Å²) >= 11 is 1.91. The van der Waals surface area contributed by atoms with Crippen molar-refractivity contribution < 1.29 is 10.0 Å². The zero-order chi connectivity index (χ0) is 13.5. The maximum absolute atomic E-state index is 12.0. The number of carbonyl (C=O) groups is 1. The Hall–Kier alpha value is -0.910. The molecule has 2 unspecified atom stereocenters. The van der Waals surface area contributed by atoms with E-state index in [4.69, 9.17) is 10.9 Å². The predicted molar refractivity (Wildman–Crippen MR) is 74.8 cm³/mol. The standard InChI is InChI=1S/C12H23N3O2S/c1-8(2)10(11(13)15-17)12(16)14-7-9-5-3-4-6-18-9/h8-10,17H,3-7H2,1-2H3,(H2,13,15)(H,14,16). The second-order valence-corrected chi connectivity index (χ2v) is 6.39. The lowest BCUT2D eigenvalue weighted by Crippen LogP contribution is -2.43. The van der Waals surface area contributed by atoms with E-state index in [9.17, 15) is 4.79 Å². The van der Waals surface area contributed by atoms with Gasteiger partial charge in [0.2, 0.25) is 5.91 Å². The second-order valence-electron chi connectivity index (χ2n) is 4.98. The van der Waals surface area contributed by atoms with E-state index >= 15 is 0 Å². The quantitative estimate of drug-likeness (QED) is 0.306. The second kappa shape index (κ2) is 7.51. The lowest BCUT2D eigenvalue weighted by Gasteiger charge is -2.24. The minimum atomic E-state index is -0.552. The van der Waals surface area contributed by atoms with Gasteiger partial charge in [-0.25, -0.2) is 0 Å². The van der Waals surface area contributed by atoms with Gasteiger partial charge in [0.25, 0.3) is 0 Å². The van der Waals surface area contributed by atoms with Gasteiger partial charge >= 0.3 is 0 Å². The van der Waals surface area contributed by atoms with Gasteiger partial charge in [0, 0.05) is 11.8 Å². The summed E-state index contributed by atoms with van der Waals surface area (Å²) in [6.07, 6.45) is 3.66. The third kappa shape index (κ3) is 4.40. The monoisotopic (exact) mass is 273 g/mol. The highest BCUT2D eigenvalue weighted by Crippen LogP contribution is 2.24. The molecule has 1 amide bonds. The van der Waals surface area contributed by atoms with Crippen LogP contribution < -0.4 is 11.1 Å². The molecule has 18 heavy (non-hydrogen) atoms. The number of amides is 1. The summed E-state index contributed by atoms with van der Waals surface area (Å²) < 4.78 is 0. The average Bonchev–Trinajstić information content (AvgIpc) is 2.37. The van der Waals surface area contributed by atoms with E-state index in [-0.39, 0.29) is 17.7 Å². The number of thioether (sulfide) groups is 1. The van der Waals surface area contributed by atoms with E-state index in [0.29, 0.717) is 11.8 Å². The Bertz CT molecular complexity index is 302. The first-order valence-electron chi connectivity index (χ1n) is 6.43. The molecule has 0 aliphatic carbocycles. The smallest absolute Gasteiger partial charge is 0.231 e. The van der Waals surface area contributed by atoms with Crippen molar-refractivity contribution in [3.05, 3.63) is 0 Å².